The second kappa shape index (κ2) is 15.8. The van der Waals surface area contributed by atoms with Gasteiger partial charge >= 0.3 is 26.2 Å². The van der Waals surface area contributed by atoms with Gasteiger partial charge in [0.25, 0.3) is 0 Å². The van der Waals surface area contributed by atoms with Crippen LogP contribution in [0.3, 0.4) is 0 Å². The maximum absolute atomic E-state index is 2.24. The molecule has 0 nitrogen and oxygen atoms in total. The molecule has 0 spiro atoms. The molecule has 4 aromatic carbocycles. The van der Waals surface area contributed by atoms with Crippen LogP contribution in [0.1, 0.15) is 22.3 Å². The minimum Gasteiger partial charge on any atom is -1.00 e. The van der Waals surface area contributed by atoms with Crippen LogP contribution in [0.4, 0.5) is 0 Å². The third-order valence-corrected chi connectivity index (χ3v) is 4.94. The molecule has 0 N–H and O–H groups in total. The molecular formula is C26H30Cl2SiZr. The Hall–Kier alpha value is -0.920. The Morgan fingerprint density at radius 3 is 1.90 bits per heavy atom. The summed E-state index contributed by atoms with van der Waals surface area (Å²) >= 11 is 0. The summed E-state index contributed by atoms with van der Waals surface area (Å²) in [5, 5.41) is 2.65. The van der Waals surface area contributed by atoms with E-state index in [4.69, 9.17) is 0 Å². The molecular weight excluding hydrogens is 503 g/mol. The van der Waals surface area contributed by atoms with Gasteiger partial charge < -0.3 is 24.8 Å². The van der Waals surface area contributed by atoms with Crippen LogP contribution in [0.25, 0.3) is 21.9 Å². The van der Waals surface area contributed by atoms with Crippen LogP contribution in [0, 0.1) is 27.7 Å². The van der Waals surface area contributed by atoms with E-state index in [0.29, 0.717) is 0 Å². The van der Waals surface area contributed by atoms with Crippen molar-refractivity contribution in [2.75, 3.05) is 0 Å². The van der Waals surface area contributed by atoms with E-state index in [1.165, 1.54) is 44.2 Å². The van der Waals surface area contributed by atoms with Crippen molar-refractivity contribution in [3.63, 3.8) is 0 Å². The Balaban J connectivity index is 0. The molecule has 0 fully saturated rings. The van der Waals surface area contributed by atoms with Gasteiger partial charge in [-0.15, -0.1) is 29.0 Å². The SMILES string of the molecule is C[Si]C.Cc1c[c-](C)c(C)c1C.[Cl-].[Cl-].[Zr+4].c1ccc(-c2cccc3[cH-]ccc23)cc1. The smallest absolute Gasteiger partial charge is 1.00 e. The first kappa shape index (κ1) is 31.3. The second-order valence-electron chi connectivity index (χ2n) is 6.96. The van der Waals surface area contributed by atoms with Crippen molar-refractivity contribution >= 4 is 20.3 Å². The largest absolute Gasteiger partial charge is 4.00 e. The van der Waals surface area contributed by atoms with Crippen LogP contribution in [0.15, 0.2) is 72.8 Å². The van der Waals surface area contributed by atoms with E-state index in [0.717, 1.165) is 9.52 Å². The van der Waals surface area contributed by atoms with E-state index < -0.39 is 0 Å². The molecule has 0 unspecified atom stereocenters. The number of fused-ring (bicyclic) bond motifs is 1. The first-order valence-corrected chi connectivity index (χ1v) is 11.5. The topological polar surface area (TPSA) is 0 Å². The van der Waals surface area contributed by atoms with Crippen LogP contribution >= 0.6 is 0 Å². The fourth-order valence-electron chi connectivity index (χ4n) is 3.16. The van der Waals surface area contributed by atoms with Crippen LogP contribution in [-0.2, 0) is 26.2 Å². The maximum Gasteiger partial charge on any atom is 4.00 e. The number of halogens is 2. The number of hydrogen-bond donors (Lipinski definition) is 0. The summed E-state index contributed by atoms with van der Waals surface area (Å²) in [4.78, 5) is 0. The van der Waals surface area contributed by atoms with Gasteiger partial charge in [0, 0.05) is 9.52 Å². The fourth-order valence-corrected chi connectivity index (χ4v) is 3.16. The Bertz CT molecular complexity index is 949. The minimum atomic E-state index is 0. The quantitative estimate of drug-likeness (QED) is 0.259. The Kier molecular flexibility index (Phi) is 16.5. The number of hydrogen-bond acceptors (Lipinski definition) is 0. The molecule has 0 atom stereocenters. The van der Waals surface area contributed by atoms with Crippen molar-refractivity contribution in [3.05, 3.63) is 95.1 Å². The van der Waals surface area contributed by atoms with Crippen molar-refractivity contribution in [1.29, 1.82) is 0 Å². The zero-order chi connectivity index (χ0) is 19.8. The molecule has 4 heteroatoms. The Morgan fingerprint density at radius 2 is 1.43 bits per heavy atom. The normalized spacial score (nSPS) is 9.00. The van der Waals surface area contributed by atoms with Gasteiger partial charge in [-0.2, -0.15) is 40.5 Å². The molecule has 4 aromatic rings. The fraction of sp³-hybridized carbons (Fsp3) is 0.231. The molecule has 0 aliphatic heterocycles. The molecule has 4 rings (SSSR count). The zero-order valence-corrected chi connectivity index (χ0v) is 23.7. The summed E-state index contributed by atoms with van der Waals surface area (Å²) < 4.78 is 0. The third-order valence-electron chi connectivity index (χ3n) is 4.94. The molecule has 0 amide bonds. The number of rotatable bonds is 1. The third kappa shape index (κ3) is 8.31. The van der Waals surface area contributed by atoms with E-state index in [2.05, 4.69) is 114 Å². The van der Waals surface area contributed by atoms with Gasteiger partial charge in [-0.05, 0) is 5.56 Å². The molecule has 2 radical (unpaired) electrons. The second-order valence-corrected chi connectivity index (χ2v) is 7.96. The Morgan fingerprint density at radius 1 is 0.833 bits per heavy atom. The van der Waals surface area contributed by atoms with Crippen LogP contribution in [0.5, 0.6) is 0 Å². The Labute approximate surface area is 217 Å². The van der Waals surface area contributed by atoms with Gasteiger partial charge in [-0.1, -0.05) is 82.8 Å². The van der Waals surface area contributed by atoms with Gasteiger partial charge in [0.2, 0.25) is 0 Å². The predicted molar refractivity (Wildman–Crippen MR) is 123 cm³/mol. The molecule has 0 heterocycles. The standard InChI is InChI=1S/C15H11.C9H13.C2H6Si.2ClH.Zr/c1-2-6-12(7-3-1)14-10-4-8-13-9-5-11-15(13)14;1-6-5-7(2)9(4)8(6)3;1-3-2;;;/h1-11H;5H,1-4H3;1-2H3;2*1H;/q2*-1;;;;+4/p-2. The van der Waals surface area contributed by atoms with Crippen molar-refractivity contribution in [2.24, 2.45) is 0 Å². The van der Waals surface area contributed by atoms with E-state index in [-0.39, 0.29) is 51.0 Å². The predicted octanol–water partition coefficient (Wildman–Crippen LogP) is 1.66. The van der Waals surface area contributed by atoms with Crippen molar-refractivity contribution in [3.8, 4) is 11.1 Å². The van der Waals surface area contributed by atoms with E-state index >= 15 is 0 Å². The average molecular weight is 533 g/mol. The number of aryl methyl sites for hydroxylation is 2. The van der Waals surface area contributed by atoms with Crippen LogP contribution in [-0.4, -0.2) is 9.52 Å². The average Bonchev–Trinajstić information content (AvgIpc) is 3.24. The van der Waals surface area contributed by atoms with E-state index in [9.17, 15) is 0 Å². The summed E-state index contributed by atoms with van der Waals surface area (Å²) in [6.07, 6.45) is 0. The van der Waals surface area contributed by atoms with Crippen molar-refractivity contribution < 1.29 is 51.0 Å². The van der Waals surface area contributed by atoms with Gasteiger partial charge in [0.05, 0.1) is 0 Å². The van der Waals surface area contributed by atoms with Gasteiger partial charge in [0.15, 0.2) is 0 Å². The summed E-state index contributed by atoms with van der Waals surface area (Å²) in [6, 6.07) is 25.7. The summed E-state index contributed by atoms with van der Waals surface area (Å²) in [6.45, 7) is 13.0. The minimum absolute atomic E-state index is 0. The first-order valence-electron chi connectivity index (χ1n) is 9.48. The van der Waals surface area contributed by atoms with Gasteiger partial charge in [0.1, 0.15) is 0 Å². The molecule has 0 aromatic heterocycles. The van der Waals surface area contributed by atoms with Crippen LogP contribution < -0.4 is 24.8 Å². The van der Waals surface area contributed by atoms with Crippen LogP contribution in [0.2, 0.25) is 13.1 Å². The van der Waals surface area contributed by atoms with E-state index in [1.54, 1.807) is 0 Å². The molecule has 30 heavy (non-hydrogen) atoms. The molecule has 0 aliphatic rings. The number of benzene rings is 2. The maximum atomic E-state index is 2.24. The molecule has 0 bridgehead atoms. The monoisotopic (exact) mass is 530 g/mol. The van der Waals surface area contributed by atoms with Crippen molar-refractivity contribution in [1.82, 2.24) is 0 Å². The van der Waals surface area contributed by atoms with Crippen molar-refractivity contribution in [2.45, 2.75) is 40.8 Å². The van der Waals surface area contributed by atoms with Gasteiger partial charge in [-0.3, -0.25) is 0 Å². The summed E-state index contributed by atoms with van der Waals surface area (Å²) in [5.74, 6) is 0. The molecule has 156 valence electrons. The van der Waals surface area contributed by atoms with E-state index in [1.807, 2.05) is 0 Å². The zero-order valence-electron chi connectivity index (χ0n) is 18.7. The first-order chi connectivity index (χ1) is 13.0. The van der Waals surface area contributed by atoms with Gasteiger partial charge in [-0.25, -0.2) is 0 Å². The summed E-state index contributed by atoms with van der Waals surface area (Å²) in [7, 11) is 1.08. The molecule has 0 saturated carbocycles. The molecule has 0 saturated heterocycles. The molecule has 0 aliphatic carbocycles. The summed E-state index contributed by atoms with van der Waals surface area (Å²) in [5.41, 5.74) is 8.35.